The van der Waals surface area contributed by atoms with Crippen LogP contribution in [0.2, 0.25) is 0 Å². The predicted molar refractivity (Wildman–Crippen MR) is 303 cm³/mol. The van der Waals surface area contributed by atoms with Gasteiger partial charge in [0.05, 0.1) is 13.2 Å². The van der Waals surface area contributed by atoms with Crippen molar-refractivity contribution >= 4 is 19.8 Å². The maximum Gasteiger partial charge on any atom is 0.472 e. The molecule has 0 saturated carbocycles. The van der Waals surface area contributed by atoms with Gasteiger partial charge >= 0.3 is 19.8 Å². The number of phosphoric ester groups is 1. The van der Waals surface area contributed by atoms with E-state index in [1.807, 2.05) is 0 Å². The van der Waals surface area contributed by atoms with Crippen molar-refractivity contribution in [3.8, 4) is 0 Å². The molecule has 0 aliphatic heterocycles. The molecule has 0 aromatic carbocycles. The van der Waals surface area contributed by atoms with Crippen molar-refractivity contribution in [1.29, 1.82) is 0 Å². The Morgan fingerprint density at radius 2 is 0.732 bits per heavy atom. The van der Waals surface area contributed by atoms with Crippen molar-refractivity contribution < 1.29 is 37.6 Å². The first-order valence-electron chi connectivity index (χ1n) is 30.1. The molecule has 0 aliphatic rings. The fraction of sp³-hybridized carbons (Fsp3) is 0.836. The van der Waals surface area contributed by atoms with Crippen molar-refractivity contribution in [2.75, 3.05) is 26.4 Å². The summed E-state index contributed by atoms with van der Waals surface area (Å²) in [5.74, 6) is -0.818. The van der Waals surface area contributed by atoms with Crippen LogP contribution in [0.15, 0.2) is 48.6 Å². The summed E-state index contributed by atoms with van der Waals surface area (Å²) in [7, 11) is -4.39. The van der Waals surface area contributed by atoms with E-state index in [2.05, 4.69) is 62.5 Å². The molecule has 0 fully saturated rings. The van der Waals surface area contributed by atoms with E-state index < -0.39 is 26.5 Å². The van der Waals surface area contributed by atoms with Gasteiger partial charge in [0.1, 0.15) is 6.61 Å². The zero-order valence-corrected chi connectivity index (χ0v) is 47.4. The number of carbonyl (C=O) groups excluding carboxylic acids is 2. The maximum absolute atomic E-state index is 12.7. The SMILES string of the molecule is CCCCCCC/C=C\C/C=C\CCCCCCCCCCCCCCCC(=O)OCC(COP(=O)(O)OCCN)OC(=O)CCCCCCCCCCCCCCC/C=C\C/C=C\CCCCCCC. The standard InChI is InChI=1S/C61H114NO8P/c1-3-5-7-9-11-13-15-17-19-21-23-25-27-29-31-33-35-37-39-41-43-45-47-49-51-53-60(63)67-57-59(58-69-71(65,66)68-56-55-62)70-61(64)54-52-50-48-46-44-42-40-38-36-34-32-30-28-26-24-22-20-18-16-14-12-10-8-6-4-2/h15-18,21-24,59H,3-14,19-20,25-58,62H2,1-2H3,(H,65,66)/b17-15-,18-16-,23-21-,24-22-. The zero-order valence-electron chi connectivity index (χ0n) is 46.5. The third kappa shape index (κ3) is 57.1. The van der Waals surface area contributed by atoms with Gasteiger partial charge in [0.15, 0.2) is 6.10 Å². The van der Waals surface area contributed by atoms with E-state index in [-0.39, 0.29) is 38.6 Å². The summed E-state index contributed by atoms with van der Waals surface area (Å²) >= 11 is 0. The van der Waals surface area contributed by atoms with Crippen LogP contribution >= 0.6 is 7.82 Å². The fourth-order valence-electron chi connectivity index (χ4n) is 8.70. The van der Waals surface area contributed by atoms with Crippen LogP contribution in [0.1, 0.15) is 296 Å². The Kier molecular flexibility index (Phi) is 55.6. The molecule has 0 aliphatic carbocycles. The first-order valence-corrected chi connectivity index (χ1v) is 31.6. The van der Waals surface area contributed by atoms with Gasteiger partial charge in [-0.2, -0.15) is 0 Å². The minimum absolute atomic E-state index is 0.0534. The van der Waals surface area contributed by atoms with Crippen molar-refractivity contribution in [3.05, 3.63) is 48.6 Å². The summed E-state index contributed by atoms with van der Waals surface area (Å²) in [6.45, 7) is 3.76. The molecule has 0 saturated heterocycles. The summed E-state index contributed by atoms with van der Waals surface area (Å²) in [4.78, 5) is 35.2. The van der Waals surface area contributed by atoms with Crippen LogP contribution in [-0.2, 0) is 32.7 Å². The number of hydrogen-bond donors (Lipinski definition) is 2. The van der Waals surface area contributed by atoms with Crippen LogP contribution in [0.25, 0.3) is 0 Å². The molecule has 2 unspecified atom stereocenters. The summed E-state index contributed by atoms with van der Waals surface area (Å²) in [6.07, 6.45) is 70.2. The molecule has 0 rings (SSSR count). The topological polar surface area (TPSA) is 134 Å². The van der Waals surface area contributed by atoms with E-state index >= 15 is 0 Å². The molecule has 0 bridgehead atoms. The first kappa shape index (κ1) is 69.0. The second-order valence-electron chi connectivity index (χ2n) is 20.2. The van der Waals surface area contributed by atoms with Crippen molar-refractivity contribution in [2.24, 2.45) is 5.73 Å². The molecule has 2 atom stereocenters. The average Bonchev–Trinajstić information content (AvgIpc) is 3.36. The Morgan fingerprint density at radius 1 is 0.423 bits per heavy atom. The highest BCUT2D eigenvalue weighted by Gasteiger charge is 2.26. The van der Waals surface area contributed by atoms with E-state index in [4.69, 9.17) is 24.3 Å². The van der Waals surface area contributed by atoms with Crippen LogP contribution in [0.5, 0.6) is 0 Å². The lowest BCUT2D eigenvalue weighted by Crippen LogP contribution is -2.29. The highest BCUT2D eigenvalue weighted by atomic mass is 31.2. The fourth-order valence-corrected chi connectivity index (χ4v) is 9.46. The average molecular weight is 1020 g/mol. The number of rotatable bonds is 57. The summed E-state index contributed by atoms with van der Waals surface area (Å²) in [6, 6.07) is 0. The molecule has 10 heteroatoms. The Hall–Kier alpha value is -2.03. The number of ether oxygens (including phenoxy) is 2. The lowest BCUT2D eigenvalue weighted by Gasteiger charge is -2.19. The third-order valence-corrected chi connectivity index (χ3v) is 14.2. The molecule has 71 heavy (non-hydrogen) atoms. The number of hydrogen-bond acceptors (Lipinski definition) is 8. The van der Waals surface area contributed by atoms with Crippen LogP contribution in [0.3, 0.4) is 0 Å². The minimum atomic E-state index is -4.39. The van der Waals surface area contributed by atoms with Crippen molar-refractivity contribution in [2.45, 2.75) is 302 Å². The second-order valence-corrected chi connectivity index (χ2v) is 21.7. The third-order valence-electron chi connectivity index (χ3n) is 13.2. The number of nitrogens with two attached hydrogens (primary N) is 1. The van der Waals surface area contributed by atoms with E-state index in [0.717, 1.165) is 51.4 Å². The van der Waals surface area contributed by atoms with Gasteiger partial charge in [-0.15, -0.1) is 0 Å². The minimum Gasteiger partial charge on any atom is -0.462 e. The van der Waals surface area contributed by atoms with Gasteiger partial charge in [-0.3, -0.25) is 18.6 Å². The van der Waals surface area contributed by atoms with Crippen LogP contribution in [0, 0.1) is 0 Å². The van der Waals surface area contributed by atoms with E-state index in [0.29, 0.717) is 6.42 Å². The Bertz CT molecular complexity index is 1300. The van der Waals surface area contributed by atoms with E-state index in [9.17, 15) is 19.0 Å². The molecule has 3 N–H and O–H groups in total. The van der Waals surface area contributed by atoms with Gasteiger partial charge in [-0.05, 0) is 77.0 Å². The Labute approximate surface area is 438 Å². The molecule has 0 spiro atoms. The maximum atomic E-state index is 12.7. The van der Waals surface area contributed by atoms with Crippen LogP contribution in [-0.4, -0.2) is 49.3 Å². The molecule has 0 aromatic heterocycles. The smallest absolute Gasteiger partial charge is 0.462 e. The van der Waals surface area contributed by atoms with Crippen molar-refractivity contribution in [3.63, 3.8) is 0 Å². The summed E-state index contributed by atoms with van der Waals surface area (Å²) in [5, 5.41) is 0. The largest absolute Gasteiger partial charge is 0.472 e. The van der Waals surface area contributed by atoms with E-state index in [1.165, 1.54) is 212 Å². The number of phosphoric acid groups is 1. The van der Waals surface area contributed by atoms with Gasteiger partial charge in [-0.25, -0.2) is 4.57 Å². The Morgan fingerprint density at radius 3 is 1.07 bits per heavy atom. The highest BCUT2D eigenvalue weighted by molar-refractivity contribution is 7.47. The van der Waals surface area contributed by atoms with Crippen LogP contribution < -0.4 is 5.73 Å². The van der Waals surface area contributed by atoms with Crippen LogP contribution in [0.4, 0.5) is 0 Å². The summed E-state index contributed by atoms with van der Waals surface area (Å²) in [5.41, 5.74) is 5.39. The van der Waals surface area contributed by atoms with Gasteiger partial charge < -0.3 is 20.1 Å². The number of esters is 2. The lowest BCUT2D eigenvalue weighted by atomic mass is 10.0. The molecule has 0 aromatic rings. The Balaban J connectivity index is 3.94. The monoisotopic (exact) mass is 1020 g/mol. The van der Waals surface area contributed by atoms with Gasteiger partial charge in [-0.1, -0.05) is 255 Å². The zero-order chi connectivity index (χ0) is 51.7. The second kappa shape index (κ2) is 57.3. The number of allylic oxidation sites excluding steroid dienone is 8. The molecule has 0 amide bonds. The van der Waals surface area contributed by atoms with Crippen molar-refractivity contribution in [1.82, 2.24) is 0 Å². The molecule has 0 radical (unpaired) electrons. The summed E-state index contributed by atoms with van der Waals surface area (Å²) < 4.78 is 33.1. The normalized spacial score (nSPS) is 13.4. The molecular formula is C61H114NO8P. The van der Waals surface area contributed by atoms with Gasteiger partial charge in [0, 0.05) is 19.4 Å². The predicted octanol–water partition coefficient (Wildman–Crippen LogP) is 19.0. The quantitative estimate of drug-likeness (QED) is 0.0264. The molecule has 416 valence electrons. The highest BCUT2D eigenvalue weighted by Crippen LogP contribution is 2.43. The van der Waals surface area contributed by atoms with Gasteiger partial charge in [0.2, 0.25) is 0 Å². The molecule has 9 nitrogen and oxygen atoms in total. The number of unbranched alkanes of at least 4 members (excludes halogenated alkanes) is 36. The van der Waals surface area contributed by atoms with Gasteiger partial charge in [0.25, 0.3) is 0 Å². The molecule has 0 heterocycles. The first-order chi connectivity index (χ1) is 34.8. The number of carbonyl (C=O) groups is 2. The molecular weight excluding hydrogens is 906 g/mol. The lowest BCUT2D eigenvalue weighted by molar-refractivity contribution is -0.161. The van der Waals surface area contributed by atoms with E-state index in [1.54, 1.807) is 0 Å².